The first-order valence-electron chi connectivity index (χ1n) is 6.67. The molecule has 0 fully saturated rings. The van der Waals surface area contributed by atoms with Gasteiger partial charge in [-0.15, -0.1) is 6.42 Å². The number of hydrogen-bond donors (Lipinski definition) is 2. The molecular weight excluding hydrogens is 276 g/mol. The molecule has 0 radical (unpaired) electrons. The molecule has 0 aliphatic rings. The van der Waals surface area contributed by atoms with Crippen LogP contribution in [-0.4, -0.2) is 42.6 Å². The molecular formula is C13H22N4O2S. The number of aromatic amines is 1. The maximum absolute atomic E-state index is 12.6. The van der Waals surface area contributed by atoms with Crippen molar-refractivity contribution in [3.63, 3.8) is 0 Å². The van der Waals surface area contributed by atoms with Crippen molar-refractivity contribution in [2.24, 2.45) is 0 Å². The molecule has 2 N–H and O–H groups in total. The summed E-state index contributed by atoms with van der Waals surface area (Å²) in [5.74, 6) is 2.39. The molecule has 7 heteroatoms. The second kappa shape index (κ2) is 7.43. The van der Waals surface area contributed by atoms with Crippen LogP contribution in [0, 0.1) is 19.3 Å². The summed E-state index contributed by atoms with van der Waals surface area (Å²) in [6.45, 7) is 7.35. The van der Waals surface area contributed by atoms with Gasteiger partial charge in [0.15, 0.2) is 5.03 Å². The molecule has 0 aromatic carbocycles. The van der Waals surface area contributed by atoms with Crippen LogP contribution in [0.2, 0.25) is 0 Å². The summed E-state index contributed by atoms with van der Waals surface area (Å²) in [7, 11) is -3.66. The van der Waals surface area contributed by atoms with Gasteiger partial charge in [-0.3, -0.25) is 5.10 Å². The third-order valence-electron chi connectivity index (χ3n) is 2.91. The third kappa shape index (κ3) is 3.60. The number of sulfonamides is 1. The van der Waals surface area contributed by atoms with Gasteiger partial charge in [0, 0.05) is 24.3 Å². The molecule has 0 saturated heterocycles. The van der Waals surface area contributed by atoms with E-state index in [1.165, 1.54) is 4.31 Å². The highest BCUT2D eigenvalue weighted by molar-refractivity contribution is 7.89. The minimum absolute atomic E-state index is 0.0583. The predicted octanol–water partition coefficient (Wildman–Crippen LogP) is 0.862. The van der Waals surface area contributed by atoms with E-state index in [-0.39, 0.29) is 11.6 Å². The number of H-pyrrole nitrogens is 1. The number of nitrogens with one attached hydrogen (secondary N) is 2. The number of aromatic nitrogens is 2. The summed E-state index contributed by atoms with van der Waals surface area (Å²) in [4.78, 5) is 0. The Morgan fingerprint density at radius 3 is 2.70 bits per heavy atom. The molecule has 1 heterocycles. The smallest absolute Gasteiger partial charge is 0.263 e. The largest absolute Gasteiger partial charge is 0.313 e. The van der Waals surface area contributed by atoms with Crippen LogP contribution in [0.15, 0.2) is 5.03 Å². The van der Waals surface area contributed by atoms with Crippen molar-refractivity contribution in [1.82, 2.24) is 19.8 Å². The van der Waals surface area contributed by atoms with E-state index in [1.54, 1.807) is 0 Å². The second-order valence-electron chi connectivity index (χ2n) is 4.46. The van der Waals surface area contributed by atoms with Crippen molar-refractivity contribution >= 4 is 10.0 Å². The van der Waals surface area contributed by atoms with Crippen LogP contribution in [0.1, 0.15) is 31.5 Å². The molecule has 0 unspecified atom stereocenters. The standard InChI is InChI=1S/C13H22N4O2S/c1-5-8-17(9-6-2)20(18,19)13-12(10-14-7-3)11(4)15-16-13/h1,14H,6-10H2,2-4H3,(H,15,16). The Balaban J connectivity index is 3.17. The molecule has 1 aromatic rings. The fraction of sp³-hybridized carbons (Fsp3) is 0.615. The molecule has 0 aliphatic carbocycles. The van der Waals surface area contributed by atoms with Gasteiger partial charge in [0.1, 0.15) is 0 Å². The molecule has 0 spiro atoms. The van der Waals surface area contributed by atoms with Crippen LogP contribution in [-0.2, 0) is 16.6 Å². The Hall–Kier alpha value is -1.36. The summed E-state index contributed by atoms with van der Waals surface area (Å²) in [6, 6.07) is 0. The maximum Gasteiger partial charge on any atom is 0.263 e. The van der Waals surface area contributed by atoms with Crippen LogP contribution in [0.4, 0.5) is 0 Å². The van der Waals surface area contributed by atoms with E-state index in [0.29, 0.717) is 25.1 Å². The van der Waals surface area contributed by atoms with Gasteiger partial charge in [0.2, 0.25) is 0 Å². The van der Waals surface area contributed by atoms with E-state index >= 15 is 0 Å². The minimum Gasteiger partial charge on any atom is -0.313 e. The van der Waals surface area contributed by atoms with Crippen molar-refractivity contribution in [2.75, 3.05) is 19.6 Å². The number of rotatable bonds is 8. The summed E-state index contributed by atoms with van der Waals surface area (Å²) in [6.07, 6.45) is 5.96. The van der Waals surface area contributed by atoms with Crippen molar-refractivity contribution in [3.8, 4) is 12.3 Å². The fourth-order valence-corrected chi connectivity index (χ4v) is 3.47. The molecule has 0 atom stereocenters. The van der Waals surface area contributed by atoms with Gasteiger partial charge in [-0.1, -0.05) is 19.8 Å². The average Bonchev–Trinajstić information content (AvgIpc) is 2.78. The summed E-state index contributed by atoms with van der Waals surface area (Å²) in [5, 5.41) is 9.90. The maximum atomic E-state index is 12.6. The zero-order chi connectivity index (χ0) is 15.2. The highest BCUT2D eigenvalue weighted by Gasteiger charge is 2.29. The van der Waals surface area contributed by atoms with Crippen LogP contribution < -0.4 is 5.32 Å². The van der Waals surface area contributed by atoms with Gasteiger partial charge in [-0.2, -0.15) is 9.40 Å². The molecule has 1 rings (SSSR count). The topological polar surface area (TPSA) is 78.1 Å². The Bertz CT molecular complexity index is 572. The number of terminal acetylenes is 1. The van der Waals surface area contributed by atoms with Crippen molar-refractivity contribution in [1.29, 1.82) is 0 Å². The Morgan fingerprint density at radius 1 is 1.45 bits per heavy atom. The molecule has 0 amide bonds. The lowest BCUT2D eigenvalue weighted by Crippen LogP contribution is -2.33. The quantitative estimate of drug-likeness (QED) is 0.698. The van der Waals surface area contributed by atoms with E-state index in [1.807, 2.05) is 20.8 Å². The average molecular weight is 298 g/mol. The zero-order valence-electron chi connectivity index (χ0n) is 12.2. The molecule has 0 saturated carbocycles. The monoisotopic (exact) mass is 298 g/mol. The van der Waals surface area contributed by atoms with Gasteiger partial charge in [-0.25, -0.2) is 8.42 Å². The van der Waals surface area contributed by atoms with E-state index in [0.717, 1.165) is 12.2 Å². The fourth-order valence-electron chi connectivity index (χ4n) is 1.86. The summed E-state index contributed by atoms with van der Waals surface area (Å²) >= 11 is 0. The minimum atomic E-state index is -3.66. The molecule has 6 nitrogen and oxygen atoms in total. The lowest BCUT2D eigenvalue weighted by molar-refractivity contribution is 0.442. The molecule has 20 heavy (non-hydrogen) atoms. The van der Waals surface area contributed by atoms with Gasteiger partial charge >= 0.3 is 0 Å². The Morgan fingerprint density at radius 2 is 2.15 bits per heavy atom. The molecule has 112 valence electrons. The zero-order valence-corrected chi connectivity index (χ0v) is 13.0. The lowest BCUT2D eigenvalue weighted by atomic mass is 10.2. The molecule has 0 bridgehead atoms. The molecule has 1 aromatic heterocycles. The van der Waals surface area contributed by atoms with Crippen LogP contribution in [0.3, 0.4) is 0 Å². The second-order valence-corrected chi connectivity index (χ2v) is 6.31. The van der Waals surface area contributed by atoms with Crippen molar-refractivity contribution in [2.45, 2.75) is 38.8 Å². The first-order chi connectivity index (χ1) is 9.48. The van der Waals surface area contributed by atoms with Crippen molar-refractivity contribution < 1.29 is 8.42 Å². The SMILES string of the molecule is C#CCN(CCC)S(=O)(=O)c1n[nH]c(C)c1CNCC. The Kier molecular flexibility index (Phi) is 6.20. The van der Waals surface area contributed by atoms with E-state index < -0.39 is 10.0 Å². The van der Waals surface area contributed by atoms with E-state index in [2.05, 4.69) is 21.4 Å². The predicted molar refractivity (Wildman–Crippen MR) is 78.6 cm³/mol. The highest BCUT2D eigenvalue weighted by atomic mass is 32.2. The van der Waals surface area contributed by atoms with Gasteiger partial charge in [0.05, 0.1) is 6.54 Å². The van der Waals surface area contributed by atoms with Gasteiger partial charge < -0.3 is 5.32 Å². The summed E-state index contributed by atoms with van der Waals surface area (Å²) in [5.41, 5.74) is 1.42. The first kappa shape index (κ1) is 16.7. The number of hydrogen-bond acceptors (Lipinski definition) is 4. The summed E-state index contributed by atoms with van der Waals surface area (Å²) < 4.78 is 26.5. The third-order valence-corrected chi connectivity index (χ3v) is 4.73. The normalized spacial score (nSPS) is 11.8. The van der Waals surface area contributed by atoms with E-state index in [9.17, 15) is 8.42 Å². The number of aryl methyl sites for hydroxylation is 1. The van der Waals surface area contributed by atoms with Gasteiger partial charge in [0.25, 0.3) is 10.0 Å². The van der Waals surface area contributed by atoms with Gasteiger partial charge in [-0.05, 0) is 19.9 Å². The van der Waals surface area contributed by atoms with E-state index in [4.69, 9.17) is 6.42 Å². The Labute approximate surface area is 121 Å². The number of nitrogens with zero attached hydrogens (tertiary/aromatic N) is 2. The highest BCUT2D eigenvalue weighted by Crippen LogP contribution is 2.20. The lowest BCUT2D eigenvalue weighted by Gasteiger charge is -2.18. The van der Waals surface area contributed by atoms with Crippen LogP contribution >= 0.6 is 0 Å². The molecule has 0 aliphatic heterocycles. The van der Waals surface area contributed by atoms with Crippen molar-refractivity contribution in [3.05, 3.63) is 11.3 Å². The van der Waals surface area contributed by atoms with Crippen LogP contribution in [0.25, 0.3) is 0 Å². The van der Waals surface area contributed by atoms with Crippen LogP contribution in [0.5, 0.6) is 0 Å². The first-order valence-corrected chi connectivity index (χ1v) is 8.11.